The molecule has 0 heterocycles. The summed E-state index contributed by atoms with van der Waals surface area (Å²) in [5.41, 5.74) is 0.0173. The summed E-state index contributed by atoms with van der Waals surface area (Å²) in [7, 11) is 3.12. The molecule has 1 aliphatic carbocycles. The van der Waals surface area contributed by atoms with Gasteiger partial charge in [0, 0.05) is 25.8 Å². The summed E-state index contributed by atoms with van der Waals surface area (Å²) >= 11 is 0. The van der Waals surface area contributed by atoms with Crippen LogP contribution in [0, 0.1) is 0 Å². The Labute approximate surface area is 113 Å². The molecule has 19 heavy (non-hydrogen) atoms. The van der Waals surface area contributed by atoms with Gasteiger partial charge in [0.1, 0.15) is 11.5 Å². The second-order valence-electron chi connectivity index (χ2n) is 4.64. The summed E-state index contributed by atoms with van der Waals surface area (Å²) in [6.07, 6.45) is 2.55. The highest BCUT2D eigenvalue weighted by molar-refractivity contribution is 5.44. The molecule has 1 aromatic rings. The van der Waals surface area contributed by atoms with Gasteiger partial charge in [-0.25, -0.2) is 0 Å². The van der Waals surface area contributed by atoms with Crippen LogP contribution in [0.1, 0.15) is 24.8 Å². The lowest BCUT2D eigenvalue weighted by Gasteiger charge is -2.38. The molecule has 1 aromatic carbocycles. The van der Waals surface area contributed by atoms with Gasteiger partial charge in [-0.15, -0.1) is 0 Å². The molecule has 0 aliphatic heterocycles. The monoisotopic (exact) mass is 268 g/mol. The first-order valence-corrected chi connectivity index (χ1v) is 6.30. The zero-order chi connectivity index (χ0) is 13.7. The van der Waals surface area contributed by atoms with E-state index in [1.54, 1.807) is 20.3 Å². The molecule has 1 N–H and O–H groups in total. The normalized spacial score (nSPS) is 16.8. The van der Waals surface area contributed by atoms with Gasteiger partial charge in [0.25, 0.3) is 0 Å². The molecule has 0 spiro atoms. The summed E-state index contributed by atoms with van der Waals surface area (Å²) in [4.78, 5) is 0. The van der Waals surface area contributed by atoms with Crippen molar-refractivity contribution < 1.29 is 24.1 Å². The van der Waals surface area contributed by atoms with Crippen molar-refractivity contribution >= 4 is 0 Å². The van der Waals surface area contributed by atoms with E-state index in [2.05, 4.69) is 0 Å². The highest BCUT2D eigenvalue weighted by Gasteiger charge is 2.38. The van der Waals surface area contributed by atoms with E-state index in [1.165, 1.54) is 0 Å². The van der Waals surface area contributed by atoms with Crippen LogP contribution in [-0.2, 0) is 15.1 Å². The standard InChI is InChI=1S/C14H20O5/c1-16-9-18-11-4-5-12(14(15)6-3-7-14)13(8-11)19-10-17-2/h4-5,8,15H,3,6-7,9-10H2,1-2H3. The SMILES string of the molecule is COCOc1ccc(C2(O)CCC2)c(OCOC)c1. The Balaban J connectivity index is 2.20. The summed E-state index contributed by atoms with van der Waals surface area (Å²) in [6.45, 7) is 0.310. The van der Waals surface area contributed by atoms with E-state index < -0.39 is 5.60 Å². The maximum Gasteiger partial charge on any atom is 0.188 e. The molecular formula is C14H20O5. The molecule has 1 fully saturated rings. The van der Waals surface area contributed by atoms with Crippen molar-refractivity contribution in [2.45, 2.75) is 24.9 Å². The Morgan fingerprint density at radius 2 is 1.79 bits per heavy atom. The lowest BCUT2D eigenvalue weighted by Crippen LogP contribution is -2.34. The van der Waals surface area contributed by atoms with Crippen molar-refractivity contribution in [3.63, 3.8) is 0 Å². The summed E-state index contributed by atoms with van der Waals surface area (Å²) in [5.74, 6) is 1.23. The average molecular weight is 268 g/mol. The van der Waals surface area contributed by atoms with Crippen LogP contribution in [0.4, 0.5) is 0 Å². The van der Waals surface area contributed by atoms with E-state index in [-0.39, 0.29) is 13.6 Å². The van der Waals surface area contributed by atoms with Crippen LogP contribution in [0.3, 0.4) is 0 Å². The molecule has 0 atom stereocenters. The maximum atomic E-state index is 10.4. The van der Waals surface area contributed by atoms with E-state index in [4.69, 9.17) is 18.9 Å². The van der Waals surface area contributed by atoms with Crippen LogP contribution >= 0.6 is 0 Å². The second kappa shape index (κ2) is 6.23. The molecule has 0 unspecified atom stereocenters. The molecule has 2 rings (SSSR count). The smallest absolute Gasteiger partial charge is 0.188 e. The Hall–Kier alpha value is -1.30. The van der Waals surface area contributed by atoms with Crippen LogP contribution in [0.25, 0.3) is 0 Å². The van der Waals surface area contributed by atoms with Gasteiger partial charge < -0.3 is 24.1 Å². The minimum Gasteiger partial charge on any atom is -0.467 e. The lowest BCUT2D eigenvalue weighted by atomic mass is 9.75. The predicted molar refractivity (Wildman–Crippen MR) is 69.2 cm³/mol. The van der Waals surface area contributed by atoms with Crippen molar-refractivity contribution in [3.05, 3.63) is 23.8 Å². The number of hydrogen-bond donors (Lipinski definition) is 1. The molecular weight excluding hydrogens is 248 g/mol. The Morgan fingerprint density at radius 3 is 2.37 bits per heavy atom. The highest BCUT2D eigenvalue weighted by Crippen LogP contribution is 2.45. The molecule has 0 saturated heterocycles. The molecule has 5 heteroatoms. The Bertz CT molecular complexity index is 414. The first kappa shape index (κ1) is 14.1. The number of hydrogen-bond acceptors (Lipinski definition) is 5. The molecule has 1 saturated carbocycles. The van der Waals surface area contributed by atoms with E-state index in [0.717, 1.165) is 24.8 Å². The number of ether oxygens (including phenoxy) is 4. The van der Waals surface area contributed by atoms with Crippen molar-refractivity contribution in [1.82, 2.24) is 0 Å². The zero-order valence-electron chi connectivity index (χ0n) is 11.3. The van der Waals surface area contributed by atoms with Gasteiger partial charge in [-0.3, -0.25) is 0 Å². The van der Waals surface area contributed by atoms with Crippen LogP contribution < -0.4 is 9.47 Å². The second-order valence-corrected chi connectivity index (χ2v) is 4.64. The van der Waals surface area contributed by atoms with Gasteiger partial charge in [-0.2, -0.15) is 0 Å². The minimum atomic E-state index is -0.775. The topological polar surface area (TPSA) is 57.2 Å². The van der Waals surface area contributed by atoms with E-state index in [0.29, 0.717) is 11.5 Å². The van der Waals surface area contributed by atoms with Gasteiger partial charge >= 0.3 is 0 Å². The quantitative estimate of drug-likeness (QED) is 0.767. The third-order valence-corrected chi connectivity index (χ3v) is 3.31. The largest absolute Gasteiger partial charge is 0.467 e. The first-order valence-electron chi connectivity index (χ1n) is 6.30. The van der Waals surface area contributed by atoms with Crippen molar-refractivity contribution in [2.75, 3.05) is 27.8 Å². The minimum absolute atomic E-state index is 0.136. The molecule has 0 aromatic heterocycles. The van der Waals surface area contributed by atoms with Crippen molar-refractivity contribution in [2.24, 2.45) is 0 Å². The van der Waals surface area contributed by atoms with Gasteiger partial charge in [0.15, 0.2) is 13.6 Å². The summed E-state index contributed by atoms with van der Waals surface area (Å²) in [6, 6.07) is 5.41. The molecule has 106 valence electrons. The summed E-state index contributed by atoms with van der Waals surface area (Å²) < 4.78 is 20.7. The summed E-state index contributed by atoms with van der Waals surface area (Å²) in [5, 5.41) is 10.4. The number of rotatable bonds is 7. The fourth-order valence-corrected chi connectivity index (χ4v) is 2.13. The van der Waals surface area contributed by atoms with Crippen LogP contribution in [0.5, 0.6) is 11.5 Å². The molecule has 0 radical (unpaired) electrons. The van der Waals surface area contributed by atoms with Gasteiger partial charge in [0.05, 0.1) is 5.60 Å². The van der Waals surface area contributed by atoms with Gasteiger partial charge in [-0.1, -0.05) is 0 Å². The molecule has 5 nitrogen and oxygen atoms in total. The van der Waals surface area contributed by atoms with E-state index >= 15 is 0 Å². The lowest BCUT2D eigenvalue weighted by molar-refractivity contribution is -0.0433. The van der Waals surface area contributed by atoms with Crippen LogP contribution in [0.2, 0.25) is 0 Å². The number of methoxy groups -OCH3 is 2. The third-order valence-electron chi connectivity index (χ3n) is 3.31. The molecule has 0 amide bonds. The van der Waals surface area contributed by atoms with E-state index in [9.17, 15) is 5.11 Å². The highest BCUT2D eigenvalue weighted by atomic mass is 16.7. The maximum absolute atomic E-state index is 10.4. The van der Waals surface area contributed by atoms with Crippen molar-refractivity contribution in [1.29, 1.82) is 0 Å². The van der Waals surface area contributed by atoms with Crippen LogP contribution in [-0.4, -0.2) is 32.9 Å². The van der Waals surface area contributed by atoms with Gasteiger partial charge in [0.2, 0.25) is 0 Å². The zero-order valence-corrected chi connectivity index (χ0v) is 11.3. The fraction of sp³-hybridized carbons (Fsp3) is 0.571. The van der Waals surface area contributed by atoms with Crippen LogP contribution in [0.15, 0.2) is 18.2 Å². The average Bonchev–Trinajstić information content (AvgIpc) is 2.40. The fourth-order valence-electron chi connectivity index (χ4n) is 2.13. The van der Waals surface area contributed by atoms with E-state index in [1.807, 2.05) is 12.1 Å². The Kier molecular flexibility index (Phi) is 4.63. The number of benzene rings is 1. The number of aliphatic hydroxyl groups is 1. The molecule has 1 aliphatic rings. The Morgan fingerprint density at radius 1 is 1.11 bits per heavy atom. The predicted octanol–water partition coefficient (Wildman–Crippen LogP) is 2.02. The van der Waals surface area contributed by atoms with Gasteiger partial charge in [-0.05, 0) is 31.4 Å². The first-order chi connectivity index (χ1) is 9.19. The third kappa shape index (κ3) is 3.18. The molecule has 0 bridgehead atoms. The van der Waals surface area contributed by atoms with Crippen molar-refractivity contribution in [3.8, 4) is 11.5 Å².